The van der Waals surface area contributed by atoms with E-state index in [1.165, 1.54) is 0 Å². The van der Waals surface area contributed by atoms with Gasteiger partial charge in [-0.15, -0.1) is 12.4 Å². The fraction of sp³-hybridized carbons (Fsp3) is 0.467. The summed E-state index contributed by atoms with van der Waals surface area (Å²) in [7, 11) is 0. The molecule has 5 nitrogen and oxygen atoms in total. The number of nitrogens with two attached hydrogens (primary N) is 1. The zero-order valence-electron chi connectivity index (χ0n) is 12.3. The minimum atomic E-state index is 0. The van der Waals surface area contributed by atoms with Gasteiger partial charge in [0, 0.05) is 13.1 Å². The van der Waals surface area contributed by atoms with Crippen molar-refractivity contribution < 1.29 is 0 Å². The van der Waals surface area contributed by atoms with Crippen LogP contribution in [-0.2, 0) is 6.54 Å². The van der Waals surface area contributed by atoms with Gasteiger partial charge >= 0.3 is 0 Å². The molecule has 0 bridgehead atoms. The first-order valence-electron chi connectivity index (χ1n) is 7.08. The number of para-hydroxylation sites is 1. The van der Waals surface area contributed by atoms with E-state index >= 15 is 0 Å². The smallest absolute Gasteiger partial charge is 0.0971 e. The first kappa shape index (κ1) is 15.9. The molecule has 1 aromatic heterocycles. The van der Waals surface area contributed by atoms with Crippen LogP contribution in [0.5, 0.6) is 0 Å². The third kappa shape index (κ3) is 3.61. The molecule has 1 aliphatic heterocycles. The van der Waals surface area contributed by atoms with Gasteiger partial charge in [-0.25, -0.2) is 0 Å². The van der Waals surface area contributed by atoms with E-state index < -0.39 is 0 Å². The van der Waals surface area contributed by atoms with E-state index in [0.717, 1.165) is 44.0 Å². The molecule has 1 saturated heterocycles. The van der Waals surface area contributed by atoms with Crippen molar-refractivity contribution in [3.8, 4) is 5.69 Å². The molecule has 21 heavy (non-hydrogen) atoms. The summed E-state index contributed by atoms with van der Waals surface area (Å²) in [5.41, 5.74) is 8.11. The van der Waals surface area contributed by atoms with Gasteiger partial charge in [-0.1, -0.05) is 25.1 Å². The zero-order chi connectivity index (χ0) is 14.0. The fourth-order valence-corrected chi connectivity index (χ4v) is 2.71. The second kappa shape index (κ2) is 6.56. The van der Waals surface area contributed by atoms with Crippen molar-refractivity contribution in [2.45, 2.75) is 19.9 Å². The Labute approximate surface area is 131 Å². The lowest BCUT2D eigenvalue weighted by atomic mass is 9.90. The predicted molar refractivity (Wildman–Crippen MR) is 85.7 cm³/mol. The summed E-state index contributed by atoms with van der Waals surface area (Å²) < 4.78 is 0. The van der Waals surface area contributed by atoms with E-state index in [1.807, 2.05) is 36.5 Å². The molecule has 1 unspecified atom stereocenters. The van der Waals surface area contributed by atoms with Crippen LogP contribution in [0.25, 0.3) is 5.69 Å². The van der Waals surface area contributed by atoms with Crippen molar-refractivity contribution >= 4 is 12.4 Å². The van der Waals surface area contributed by atoms with Gasteiger partial charge in [0.05, 0.1) is 17.6 Å². The Hall–Kier alpha value is -1.43. The molecule has 6 heteroatoms. The van der Waals surface area contributed by atoms with E-state index in [9.17, 15) is 0 Å². The highest BCUT2D eigenvalue weighted by molar-refractivity contribution is 5.85. The van der Waals surface area contributed by atoms with Crippen LogP contribution in [0.3, 0.4) is 0 Å². The number of rotatable bonds is 4. The van der Waals surface area contributed by atoms with Crippen molar-refractivity contribution in [2.24, 2.45) is 11.1 Å². The first-order valence-corrected chi connectivity index (χ1v) is 7.08. The second-order valence-electron chi connectivity index (χ2n) is 5.94. The lowest BCUT2D eigenvalue weighted by Crippen LogP contribution is -2.31. The molecule has 1 atom stereocenters. The Morgan fingerprint density at radius 1 is 1.29 bits per heavy atom. The van der Waals surface area contributed by atoms with Crippen LogP contribution in [0, 0.1) is 5.41 Å². The molecular weight excluding hydrogens is 286 g/mol. The average Bonchev–Trinajstić information content (AvgIpc) is 3.08. The summed E-state index contributed by atoms with van der Waals surface area (Å²) in [6, 6.07) is 9.99. The number of nitrogens with zero attached hydrogens (tertiary/aromatic N) is 4. The van der Waals surface area contributed by atoms with Gasteiger partial charge in [0.25, 0.3) is 0 Å². The van der Waals surface area contributed by atoms with Crippen LogP contribution in [0.2, 0.25) is 0 Å². The molecule has 3 rings (SSSR count). The molecule has 1 aliphatic rings. The van der Waals surface area contributed by atoms with E-state index in [4.69, 9.17) is 5.73 Å². The summed E-state index contributed by atoms with van der Waals surface area (Å²) in [5, 5.41) is 8.89. The Morgan fingerprint density at radius 3 is 2.71 bits per heavy atom. The molecule has 2 heterocycles. The Morgan fingerprint density at radius 2 is 2.05 bits per heavy atom. The van der Waals surface area contributed by atoms with Crippen molar-refractivity contribution in [1.82, 2.24) is 19.9 Å². The number of aromatic nitrogens is 3. The second-order valence-corrected chi connectivity index (χ2v) is 5.94. The highest BCUT2D eigenvalue weighted by atomic mass is 35.5. The zero-order valence-corrected chi connectivity index (χ0v) is 13.1. The van der Waals surface area contributed by atoms with Crippen LogP contribution < -0.4 is 5.73 Å². The Balaban J connectivity index is 0.00000161. The van der Waals surface area contributed by atoms with Gasteiger partial charge in [0.15, 0.2) is 0 Å². The maximum Gasteiger partial charge on any atom is 0.0971 e. The highest BCUT2D eigenvalue weighted by Crippen LogP contribution is 2.29. The van der Waals surface area contributed by atoms with Gasteiger partial charge in [-0.05, 0) is 37.1 Å². The molecule has 2 aromatic rings. The van der Waals surface area contributed by atoms with Gasteiger partial charge < -0.3 is 5.73 Å². The van der Waals surface area contributed by atoms with Gasteiger partial charge in [-0.2, -0.15) is 15.0 Å². The largest absolute Gasteiger partial charge is 0.330 e. The van der Waals surface area contributed by atoms with E-state index in [-0.39, 0.29) is 17.8 Å². The SMILES string of the molecule is CC1(CN)CCN(Cc2cnn(-c3ccccc3)n2)C1.Cl. The molecule has 0 amide bonds. The molecule has 1 aromatic carbocycles. The lowest BCUT2D eigenvalue weighted by Gasteiger charge is -2.21. The van der Waals surface area contributed by atoms with Crippen molar-refractivity contribution in [1.29, 1.82) is 0 Å². The lowest BCUT2D eigenvalue weighted by molar-refractivity contribution is 0.271. The molecule has 0 aliphatic carbocycles. The topological polar surface area (TPSA) is 60.0 Å². The van der Waals surface area contributed by atoms with E-state index in [0.29, 0.717) is 0 Å². The maximum absolute atomic E-state index is 5.85. The number of hydrogen-bond donors (Lipinski definition) is 1. The van der Waals surface area contributed by atoms with Gasteiger partial charge in [0.2, 0.25) is 0 Å². The summed E-state index contributed by atoms with van der Waals surface area (Å²) in [6.07, 6.45) is 3.02. The molecule has 0 radical (unpaired) electrons. The average molecular weight is 308 g/mol. The van der Waals surface area contributed by atoms with Crippen molar-refractivity contribution in [3.63, 3.8) is 0 Å². The molecule has 0 spiro atoms. The van der Waals surface area contributed by atoms with Crippen molar-refractivity contribution in [3.05, 3.63) is 42.2 Å². The quantitative estimate of drug-likeness (QED) is 0.936. The number of benzene rings is 1. The first-order chi connectivity index (χ1) is 9.68. The monoisotopic (exact) mass is 307 g/mol. The normalized spacial score (nSPS) is 22.2. The maximum atomic E-state index is 5.85. The minimum absolute atomic E-state index is 0. The summed E-state index contributed by atoms with van der Waals surface area (Å²) in [5.74, 6) is 0. The van der Waals surface area contributed by atoms with Gasteiger partial charge in [-0.3, -0.25) is 4.90 Å². The number of hydrogen-bond acceptors (Lipinski definition) is 4. The molecular formula is C15H22ClN5. The van der Waals surface area contributed by atoms with Crippen LogP contribution >= 0.6 is 12.4 Å². The van der Waals surface area contributed by atoms with Crippen molar-refractivity contribution in [2.75, 3.05) is 19.6 Å². The highest BCUT2D eigenvalue weighted by Gasteiger charge is 2.32. The van der Waals surface area contributed by atoms with Gasteiger partial charge in [0.1, 0.15) is 0 Å². The third-order valence-electron chi connectivity index (χ3n) is 4.04. The Bertz CT molecular complexity index is 570. The molecule has 0 saturated carbocycles. The standard InChI is InChI=1S/C15H21N5.ClH/c1-15(11-16)7-8-19(12-15)10-13-9-17-20(18-13)14-5-3-2-4-6-14;/h2-6,9H,7-8,10-12,16H2,1H3;1H. The van der Waals surface area contributed by atoms with Crippen LogP contribution in [0.1, 0.15) is 19.0 Å². The Kier molecular flexibility index (Phi) is 4.98. The summed E-state index contributed by atoms with van der Waals surface area (Å²) in [6.45, 7) is 5.99. The van der Waals surface area contributed by atoms with E-state index in [2.05, 4.69) is 22.0 Å². The minimum Gasteiger partial charge on any atom is -0.330 e. The number of halogens is 1. The van der Waals surface area contributed by atoms with Crippen LogP contribution in [-0.4, -0.2) is 39.5 Å². The molecule has 1 fully saturated rings. The number of likely N-dealkylation sites (tertiary alicyclic amines) is 1. The molecule has 2 N–H and O–H groups in total. The molecule has 114 valence electrons. The van der Waals surface area contributed by atoms with Crippen LogP contribution in [0.15, 0.2) is 36.5 Å². The van der Waals surface area contributed by atoms with E-state index in [1.54, 1.807) is 4.80 Å². The fourth-order valence-electron chi connectivity index (χ4n) is 2.71. The van der Waals surface area contributed by atoms with Crippen LogP contribution in [0.4, 0.5) is 0 Å². The predicted octanol–water partition coefficient (Wildman–Crippen LogP) is 1.86. The summed E-state index contributed by atoms with van der Waals surface area (Å²) in [4.78, 5) is 4.10. The summed E-state index contributed by atoms with van der Waals surface area (Å²) >= 11 is 0. The third-order valence-corrected chi connectivity index (χ3v) is 4.04.